The molecule has 0 aliphatic heterocycles. The quantitative estimate of drug-likeness (QED) is 0.843. The van der Waals surface area contributed by atoms with Crippen molar-refractivity contribution in [2.24, 2.45) is 23.7 Å². The highest BCUT2D eigenvalue weighted by atomic mass is 16.5. The molecule has 3 heteroatoms. The molecule has 3 nitrogen and oxygen atoms in total. The molecule has 3 fully saturated rings. The molecule has 0 spiro atoms. The second-order valence-corrected chi connectivity index (χ2v) is 7.51. The Morgan fingerprint density at radius 2 is 1.57 bits per heavy atom. The van der Waals surface area contributed by atoms with Gasteiger partial charge in [0.25, 0.3) is 0 Å². The summed E-state index contributed by atoms with van der Waals surface area (Å²) in [4.78, 5) is 11.5. The lowest BCUT2D eigenvalue weighted by molar-refractivity contribution is -0.150. The monoisotopic (exact) mass is 294 g/mol. The predicted octanol–water partition coefficient (Wildman–Crippen LogP) is 4.25. The molecule has 0 aromatic heterocycles. The van der Waals surface area contributed by atoms with Gasteiger partial charge < -0.3 is 9.84 Å². The summed E-state index contributed by atoms with van der Waals surface area (Å²) in [5, 5.41) is 9.46. The molecular weight excluding hydrogens is 264 g/mol. The van der Waals surface area contributed by atoms with Crippen LogP contribution in [0.5, 0.6) is 0 Å². The van der Waals surface area contributed by atoms with E-state index in [-0.39, 0.29) is 5.92 Å². The third kappa shape index (κ3) is 3.61. The van der Waals surface area contributed by atoms with E-state index in [4.69, 9.17) is 4.74 Å². The number of hydrogen-bond donors (Lipinski definition) is 1. The van der Waals surface area contributed by atoms with Gasteiger partial charge in [0, 0.05) is 6.61 Å². The van der Waals surface area contributed by atoms with Crippen molar-refractivity contribution < 1.29 is 14.6 Å². The molecule has 0 heterocycles. The summed E-state index contributed by atoms with van der Waals surface area (Å²) in [7, 11) is 0. The molecule has 0 aromatic carbocycles. The van der Waals surface area contributed by atoms with Crippen LogP contribution in [0.1, 0.15) is 70.6 Å². The van der Waals surface area contributed by atoms with Crippen LogP contribution >= 0.6 is 0 Å². The maximum absolute atomic E-state index is 11.5. The third-order valence-electron chi connectivity index (χ3n) is 6.21. The number of carboxylic acid groups (broad SMARTS) is 1. The zero-order valence-electron chi connectivity index (χ0n) is 13.1. The van der Waals surface area contributed by atoms with Gasteiger partial charge in [-0.05, 0) is 56.3 Å². The summed E-state index contributed by atoms with van der Waals surface area (Å²) in [6.07, 6.45) is 13.7. The summed E-state index contributed by atoms with van der Waals surface area (Å²) in [5.74, 6) is 0.971. The number of rotatable bonds is 4. The molecule has 3 rings (SSSR count). The zero-order valence-corrected chi connectivity index (χ0v) is 13.1. The fourth-order valence-electron chi connectivity index (χ4n) is 5.07. The van der Waals surface area contributed by atoms with Crippen LogP contribution in [-0.4, -0.2) is 23.8 Å². The number of carbonyl (C=O) groups is 1. The Balaban J connectivity index is 1.56. The van der Waals surface area contributed by atoms with E-state index in [1.165, 1.54) is 38.5 Å². The van der Waals surface area contributed by atoms with Crippen LogP contribution in [-0.2, 0) is 9.53 Å². The van der Waals surface area contributed by atoms with Crippen LogP contribution < -0.4 is 0 Å². The van der Waals surface area contributed by atoms with Gasteiger partial charge in [0.1, 0.15) is 0 Å². The van der Waals surface area contributed by atoms with E-state index in [1.807, 2.05) is 0 Å². The second-order valence-electron chi connectivity index (χ2n) is 7.51. The average Bonchev–Trinajstić information content (AvgIpc) is 2.53. The fourth-order valence-corrected chi connectivity index (χ4v) is 5.07. The van der Waals surface area contributed by atoms with Crippen molar-refractivity contribution in [3.05, 3.63) is 0 Å². The highest BCUT2D eigenvalue weighted by Gasteiger charge is 2.43. The SMILES string of the molecule is O=C(O)[C@H]1CCCC2C(OCC3CCCCC3)CCCC21. The molecule has 0 radical (unpaired) electrons. The number of hydrogen-bond acceptors (Lipinski definition) is 2. The van der Waals surface area contributed by atoms with Crippen molar-refractivity contribution in [2.45, 2.75) is 76.7 Å². The first-order valence-electron chi connectivity index (χ1n) is 9.10. The lowest BCUT2D eigenvalue weighted by Crippen LogP contribution is -2.43. The molecule has 0 saturated heterocycles. The molecule has 3 aliphatic rings. The van der Waals surface area contributed by atoms with Crippen LogP contribution in [0.2, 0.25) is 0 Å². The summed E-state index contributed by atoms with van der Waals surface area (Å²) in [6, 6.07) is 0. The van der Waals surface area contributed by atoms with Crippen molar-refractivity contribution >= 4 is 5.97 Å². The molecule has 3 unspecified atom stereocenters. The Kier molecular flexibility index (Phi) is 5.20. The number of carboxylic acids is 1. The van der Waals surface area contributed by atoms with Gasteiger partial charge in [0.05, 0.1) is 12.0 Å². The first-order chi connectivity index (χ1) is 10.3. The van der Waals surface area contributed by atoms with Gasteiger partial charge in [0.2, 0.25) is 0 Å². The van der Waals surface area contributed by atoms with Crippen LogP contribution in [0.15, 0.2) is 0 Å². The molecular formula is C18H30O3. The number of fused-ring (bicyclic) bond motifs is 1. The Hall–Kier alpha value is -0.570. The van der Waals surface area contributed by atoms with Gasteiger partial charge in [-0.2, -0.15) is 0 Å². The van der Waals surface area contributed by atoms with Crippen molar-refractivity contribution in [3.63, 3.8) is 0 Å². The van der Waals surface area contributed by atoms with Gasteiger partial charge in [-0.15, -0.1) is 0 Å². The normalized spacial score (nSPS) is 37.9. The first kappa shape index (κ1) is 15.3. The molecule has 4 atom stereocenters. The lowest BCUT2D eigenvalue weighted by Gasteiger charge is -2.44. The topological polar surface area (TPSA) is 46.5 Å². The van der Waals surface area contributed by atoms with Crippen LogP contribution in [0.4, 0.5) is 0 Å². The van der Waals surface area contributed by atoms with Gasteiger partial charge in [-0.3, -0.25) is 4.79 Å². The van der Waals surface area contributed by atoms with Gasteiger partial charge in [-0.25, -0.2) is 0 Å². The average molecular weight is 294 g/mol. The molecule has 21 heavy (non-hydrogen) atoms. The predicted molar refractivity (Wildman–Crippen MR) is 82.1 cm³/mol. The van der Waals surface area contributed by atoms with Crippen LogP contribution in [0.3, 0.4) is 0 Å². The molecule has 0 bridgehead atoms. The standard InChI is InChI=1S/C18H30O3/c19-18(20)16-10-4-9-15-14(16)8-5-11-17(15)21-12-13-6-2-1-3-7-13/h13-17H,1-12H2,(H,19,20)/t14?,15?,16-,17?/m0/s1. The van der Waals surface area contributed by atoms with E-state index < -0.39 is 5.97 Å². The first-order valence-corrected chi connectivity index (χ1v) is 9.10. The Morgan fingerprint density at radius 3 is 2.33 bits per heavy atom. The zero-order chi connectivity index (χ0) is 14.7. The number of ether oxygens (including phenoxy) is 1. The minimum absolute atomic E-state index is 0.107. The highest BCUT2D eigenvalue weighted by Crippen LogP contribution is 2.45. The Labute approximate surface area is 128 Å². The maximum Gasteiger partial charge on any atom is 0.306 e. The minimum Gasteiger partial charge on any atom is -0.481 e. The maximum atomic E-state index is 11.5. The van der Waals surface area contributed by atoms with Crippen molar-refractivity contribution in [3.8, 4) is 0 Å². The fraction of sp³-hybridized carbons (Fsp3) is 0.944. The summed E-state index contributed by atoms with van der Waals surface area (Å²) in [5.41, 5.74) is 0. The van der Waals surface area contributed by atoms with Crippen molar-refractivity contribution in [2.75, 3.05) is 6.61 Å². The van der Waals surface area contributed by atoms with E-state index in [9.17, 15) is 9.90 Å². The Morgan fingerprint density at radius 1 is 0.857 bits per heavy atom. The van der Waals surface area contributed by atoms with Gasteiger partial charge >= 0.3 is 5.97 Å². The molecule has 120 valence electrons. The smallest absolute Gasteiger partial charge is 0.306 e. The molecule has 1 N–H and O–H groups in total. The molecule has 0 aromatic rings. The van der Waals surface area contributed by atoms with Gasteiger partial charge in [-0.1, -0.05) is 32.1 Å². The summed E-state index contributed by atoms with van der Waals surface area (Å²) < 4.78 is 6.33. The van der Waals surface area contributed by atoms with E-state index in [1.54, 1.807) is 0 Å². The lowest BCUT2D eigenvalue weighted by atomic mass is 9.64. The summed E-state index contributed by atoms with van der Waals surface area (Å²) in [6.45, 7) is 0.922. The molecule has 3 aliphatic carbocycles. The second kappa shape index (κ2) is 7.13. The van der Waals surface area contributed by atoms with E-state index in [0.717, 1.165) is 44.6 Å². The van der Waals surface area contributed by atoms with Crippen LogP contribution in [0.25, 0.3) is 0 Å². The largest absolute Gasteiger partial charge is 0.481 e. The van der Waals surface area contributed by atoms with Crippen molar-refractivity contribution in [1.82, 2.24) is 0 Å². The highest BCUT2D eigenvalue weighted by molar-refractivity contribution is 5.70. The third-order valence-corrected chi connectivity index (χ3v) is 6.21. The molecule has 3 saturated carbocycles. The minimum atomic E-state index is -0.572. The van der Waals surface area contributed by atoms with E-state index in [2.05, 4.69) is 0 Å². The molecule has 0 amide bonds. The van der Waals surface area contributed by atoms with Crippen LogP contribution in [0, 0.1) is 23.7 Å². The number of aliphatic carboxylic acids is 1. The van der Waals surface area contributed by atoms with E-state index in [0.29, 0.717) is 17.9 Å². The van der Waals surface area contributed by atoms with Gasteiger partial charge in [0.15, 0.2) is 0 Å². The Bertz CT molecular complexity index is 348. The summed E-state index contributed by atoms with van der Waals surface area (Å²) >= 11 is 0. The van der Waals surface area contributed by atoms with Crippen molar-refractivity contribution in [1.29, 1.82) is 0 Å². The van der Waals surface area contributed by atoms with E-state index >= 15 is 0 Å².